The van der Waals surface area contributed by atoms with Crippen molar-refractivity contribution in [2.45, 2.75) is 31.8 Å². The molecule has 116 valence electrons. The molecular formula is C19H19N3O. The Morgan fingerprint density at radius 3 is 3.00 bits per heavy atom. The van der Waals surface area contributed by atoms with E-state index in [-0.39, 0.29) is 11.9 Å². The Morgan fingerprint density at radius 2 is 2.04 bits per heavy atom. The summed E-state index contributed by atoms with van der Waals surface area (Å²) < 4.78 is 2.02. The van der Waals surface area contributed by atoms with E-state index >= 15 is 0 Å². The second-order valence-corrected chi connectivity index (χ2v) is 6.12. The van der Waals surface area contributed by atoms with Crippen LogP contribution >= 0.6 is 0 Å². The summed E-state index contributed by atoms with van der Waals surface area (Å²) in [5.74, 6) is 0.0966. The standard InChI is InChI=1S/C19H19N3O/c23-19(21-16-9-11-22-17(13-16)8-10-20-22)12-15-6-3-5-14-4-1-2-7-18(14)15/h1-8,10,16H,9,11-13H2,(H,21,23)/t16-/m1/s1. The first kappa shape index (κ1) is 14.0. The highest BCUT2D eigenvalue weighted by Crippen LogP contribution is 2.19. The minimum atomic E-state index is 0.0966. The molecule has 3 aromatic rings. The van der Waals surface area contributed by atoms with Gasteiger partial charge in [-0.05, 0) is 28.8 Å². The number of rotatable bonds is 3. The van der Waals surface area contributed by atoms with Gasteiger partial charge in [0.2, 0.25) is 5.91 Å². The molecule has 0 spiro atoms. The minimum Gasteiger partial charge on any atom is -0.353 e. The van der Waals surface area contributed by atoms with Gasteiger partial charge in [0, 0.05) is 30.9 Å². The normalized spacial score (nSPS) is 17.0. The first-order valence-corrected chi connectivity index (χ1v) is 8.06. The lowest BCUT2D eigenvalue weighted by atomic mass is 10.0. The average molecular weight is 305 g/mol. The quantitative estimate of drug-likeness (QED) is 0.809. The highest BCUT2D eigenvalue weighted by Gasteiger charge is 2.20. The number of carbonyl (C=O) groups excluding carboxylic acids is 1. The molecule has 2 heterocycles. The van der Waals surface area contributed by atoms with Gasteiger partial charge in [-0.3, -0.25) is 9.48 Å². The van der Waals surface area contributed by atoms with Crippen LogP contribution in [-0.2, 0) is 24.2 Å². The van der Waals surface area contributed by atoms with Crippen LogP contribution < -0.4 is 5.32 Å². The molecule has 0 radical (unpaired) electrons. The van der Waals surface area contributed by atoms with Crippen molar-refractivity contribution in [3.8, 4) is 0 Å². The van der Waals surface area contributed by atoms with Crippen LogP contribution in [0.4, 0.5) is 0 Å². The van der Waals surface area contributed by atoms with E-state index in [4.69, 9.17) is 0 Å². The zero-order valence-corrected chi connectivity index (χ0v) is 12.9. The van der Waals surface area contributed by atoms with E-state index in [1.54, 1.807) is 0 Å². The molecular weight excluding hydrogens is 286 g/mol. The summed E-state index contributed by atoms with van der Waals surface area (Å²) in [7, 11) is 0. The summed E-state index contributed by atoms with van der Waals surface area (Å²) in [6.07, 6.45) is 4.06. The highest BCUT2D eigenvalue weighted by molar-refractivity contribution is 5.90. The molecule has 1 N–H and O–H groups in total. The van der Waals surface area contributed by atoms with Gasteiger partial charge in [0.1, 0.15) is 0 Å². The lowest BCUT2D eigenvalue weighted by Crippen LogP contribution is -2.40. The fourth-order valence-corrected chi connectivity index (χ4v) is 3.39. The molecule has 0 bridgehead atoms. The fraction of sp³-hybridized carbons (Fsp3) is 0.263. The molecule has 1 atom stereocenters. The average Bonchev–Trinajstić information content (AvgIpc) is 3.03. The molecule has 1 aromatic heterocycles. The maximum Gasteiger partial charge on any atom is 0.224 e. The molecule has 23 heavy (non-hydrogen) atoms. The Morgan fingerprint density at radius 1 is 1.17 bits per heavy atom. The second-order valence-electron chi connectivity index (χ2n) is 6.12. The first-order valence-electron chi connectivity index (χ1n) is 8.06. The Bertz CT molecular complexity index is 847. The van der Waals surface area contributed by atoms with E-state index in [2.05, 4.69) is 28.6 Å². The predicted molar refractivity (Wildman–Crippen MR) is 90.1 cm³/mol. The van der Waals surface area contributed by atoms with Gasteiger partial charge in [-0.25, -0.2) is 0 Å². The summed E-state index contributed by atoms with van der Waals surface area (Å²) in [5.41, 5.74) is 2.29. The summed E-state index contributed by atoms with van der Waals surface area (Å²) >= 11 is 0. The van der Waals surface area contributed by atoms with Crippen molar-refractivity contribution in [3.63, 3.8) is 0 Å². The molecule has 4 rings (SSSR count). The van der Waals surface area contributed by atoms with Crippen molar-refractivity contribution >= 4 is 16.7 Å². The lowest BCUT2D eigenvalue weighted by Gasteiger charge is -2.24. The van der Waals surface area contributed by atoms with E-state index in [0.717, 1.165) is 30.3 Å². The summed E-state index contributed by atoms with van der Waals surface area (Å²) in [6.45, 7) is 0.877. The summed E-state index contributed by atoms with van der Waals surface area (Å²) in [4.78, 5) is 12.4. The molecule has 0 unspecified atom stereocenters. The summed E-state index contributed by atoms with van der Waals surface area (Å²) in [6, 6.07) is 16.6. The molecule has 2 aromatic carbocycles. The van der Waals surface area contributed by atoms with Crippen LogP contribution in [-0.4, -0.2) is 21.7 Å². The highest BCUT2D eigenvalue weighted by atomic mass is 16.1. The van der Waals surface area contributed by atoms with Crippen LogP contribution in [0.5, 0.6) is 0 Å². The third-order valence-corrected chi connectivity index (χ3v) is 4.55. The zero-order chi connectivity index (χ0) is 15.6. The monoisotopic (exact) mass is 305 g/mol. The number of amides is 1. The topological polar surface area (TPSA) is 46.9 Å². The number of nitrogens with one attached hydrogen (secondary N) is 1. The molecule has 1 aliphatic heterocycles. The van der Waals surface area contributed by atoms with Crippen LogP contribution in [0, 0.1) is 0 Å². The van der Waals surface area contributed by atoms with Gasteiger partial charge in [0.05, 0.1) is 6.42 Å². The van der Waals surface area contributed by atoms with Gasteiger partial charge >= 0.3 is 0 Å². The van der Waals surface area contributed by atoms with E-state index in [0.29, 0.717) is 6.42 Å². The number of hydrogen-bond acceptors (Lipinski definition) is 2. The molecule has 1 aliphatic rings. The zero-order valence-electron chi connectivity index (χ0n) is 12.9. The van der Waals surface area contributed by atoms with Crippen molar-refractivity contribution in [1.29, 1.82) is 0 Å². The van der Waals surface area contributed by atoms with Crippen LogP contribution in [0.2, 0.25) is 0 Å². The molecule has 0 aliphatic carbocycles. The second kappa shape index (κ2) is 5.88. The van der Waals surface area contributed by atoms with E-state index in [1.807, 2.05) is 41.2 Å². The number of nitrogens with zero attached hydrogens (tertiary/aromatic N) is 2. The Kier molecular flexibility index (Phi) is 3.58. The van der Waals surface area contributed by atoms with E-state index in [1.165, 1.54) is 11.1 Å². The Hall–Kier alpha value is -2.62. The van der Waals surface area contributed by atoms with Gasteiger partial charge in [-0.1, -0.05) is 42.5 Å². The molecule has 0 saturated heterocycles. The van der Waals surface area contributed by atoms with E-state index in [9.17, 15) is 4.79 Å². The molecule has 1 amide bonds. The van der Waals surface area contributed by atoms with Crippen LogP contribution in [0.3, 0.4) is 0 Å². The van der Waals surface area contributed by atoms with Gasteiger partial charge in [0.15, 0.2) is 0 Å². The molecule has 4 nitrogen and oxygen atoms in total. The smallest absolute Gasteiger partial charge is 0.224 e. The predicted octanol–water partition coefficient (Wildman–Crippen LogP) is 2.71. The summed E-state index contributed by atoms with van der Waals surface area (Å²) in [5, 5.41) is 9.80. The van der Waals surface area contributed by atoms with Gasteiger partial charge in [-0.2, -0.15) is 5.10 Å². The van der Waals surface area contributed by atoms with Gasteiger partial charge in [-0.15, -0.1) is 0 Å². The number of fused-ring (bicyclic) bond motifs is 2. The Labute approximate surface area is 135 Å². The third kappa shape index (κ3) is 2.84. The third-order valence-electron chi connectivity index (χ3n) is 4.55. The van der Waals surface area contributed by atoms with Gasteiger partial charge in [0.25, 0.3) is 0 Å². The van der Waals surface area contributed by atoms with Gasteiger partial charge < -0.3 is 5.32 Å². The molecule has 0 saturated carbocycles. The largest absolute Gasteiger partial charge is 0.353 e. The van der Waals surface area contributed by atoms with Crippen molar-refractivity contribution in [2.75, 3.05) is 0 Å². The minimum absolute atomic E-state index is 0.0966. The van der Waals surface area contributed by atoms with Crippen molar-refractivity contribution in [2.24, 2.45) is 0 Å². The number of hydrogen-bond donors (Lipinski definition) is 1. The first-order chi connectivity index (χ1) is 11.3. The number of benzene rings is 2. The van der Waals surface area contributed by atoms with Crippen LogP contribution in [0.25, 0.3) is 10.8 Å². The number of aryl methyl sites for hydroxylation is 1. The maximum atomic E-state index is 12.4. The van der Waals surface area contributed by atoms with E-state index < -0.39 is 0 Å². The Balaban J connectivity index is 1.46. The number of aromatic nitrogens is 2. The van der Waals surface area contributed by atoms with Crippen LogP contribution in [0.1, 0.15) is 17.7 Å². The SMILES string of the molecule is O=C(Cc1cccc2ccccc12)N[C@@H]1CCn2nccc2C1. The van der Waals surface area contributed by atoms with Crippen molar-refractivity contribution in [1.82, 2.24) is 15.1 Å². The fourth-order valence-electron chi connectivity index (χ4n) is 3.39. The molecule has 4 heteroatoms. The van der Waals surface area contributed by atoms with Crippen molar-refractivity contribution < 1.29 is 4.79 Å². The maximum absolute atomic E-state index is 12.4. The number of carbonyl (C=O) groups is 1. The molecule has 0 fully saturated rings. The van der Waals surface area contributed by atoms with Crippen LogP contribution in [0.15, 0.2) is 54.7 Å². The van der Waals surface area contributed by atoms with Crippen molar-refractivity contribution in [3.05, 3.63) is 66.0 Å². The lowest BCUT2D eigenvalue weighted by molar-refractivity contribution is -0.121.